The Bertz CT molecular complexity index is 575. The average Bonchev–Trinajstić information content (AvgIpc) is 2.52. The van der Waals surface area contributed by atoms with Gasteiger partial charge in [0, 0.05) is 62.4 Å². The van der Waals surface area contributed by atoms with Gasteiger partial charge in [-0.05, 0) is 26.7 Å². The van der Waals surface area contributed by atoms with E-state index in [1.165, 1.54) is 13.8 Å². The quantitative estimate of drug-likeness (QED) is 0.214. The first kappa shape index (κ1) is 40.8. The molecule has 0 aromatic rings. The molecule has 0 unspecified atom stereocenters. The van der Waals surface area contributed by atoms with Crippen molar-refractivity contribution in [3.8, 4) is 0 Å². The van der Waals surface area contributed by atoms with Gasteiger partial charge in [0.05, 0.1) is 0 Å². The molecule has 0 aromatic heterocycles. The molecule has 0 spiro atoms. The number of aliphatic carboxylic acids is 4. The van der Waals surface area contributed by atoms with Gasteiger partial charge in [0.25, 0.3) is 0 Å². The van der Waals surface area contributed by atoms with Crippen LogP contribution in [-0.2, 0) is 64.6 Å². The van der Waals surface area contributed by atoms with Crippen molar-refractivity contribution in [2.24, 2.45) is 0 Å². The number of Topliss-reactive ketones (excluding diaryl/α,β-unsaturated/α-hetero) is 4. The van der Waals surface area contributed by atoms with E-state index in [1.807, 2.05) is 13.8 Å². The summed E-state index contributed by atoms with van der Waals surface area (Å²) in [6.07, 6.45) is 0.266. The molecule has 0 saturated heterocycles. The second kappa shape index (κ2) is 27.5. The van der Waals surface area contributed by atoms with Gasteiger partial charge in [-0.1, -0.05) is 13.8 Å². The van der Waals surface area contributed by atoms with Crippen molar-refractivity contribution in [3.63, 3.8) is 0 Å². The van der Waals surface area contributed by atoms with E-state index in [0.717, 1.165) is 0 Å². The molecule has 0 atom stereocenters. The first-order chi connectivity index (χ1) is 14.6. The topological polar surface area (TPSA) is 229 Å². The van der Waals surface area contributed by atoms with Crippen molar-refractivity contribution in [1.29, 1.82) is 0 Å². The van der Waals surface area contributed by atoms with Crippen molar-refractivity contribution in [2.45, 2.75) is 79.1 Å². The fraction of sp³-hybridized carbons (Fsp3) is 0.600. The Morgan fingerprint density at radius 3 is 0.788 bits per heavy atom. The Labute approximate surface area is 210 Å². The predicted octanol–water partition coefficient (Wildman–Crippen LogP) is -3.58. The summed E-state index contributed by atoms with van der Waals surface area (Å²) in [5, 5.41) is 38.5. The molecule has 12 nitrogen and oxygen atoms in total. The van der Waals surface area contributed by atoms with Gasteiger partial charge in [-0.3, -0.25) is 19.2 Å². The number of carboxylic acid groups (broad SMARTS) is 4. The van der Waals surface area contributed by atoms with Gasteiger partial charge < -0.3 is 39.6 Å². The smallest absolute Gasteiger partial charge is 0.550 e. The van der Waals surface area contributed by atoms with Crippen molar-refractivity contribution < 1.29 is 85.0 Å². The first-order valence-corrected chi connectivity index (χ1v) is 9.40. The summed E-state index contributed by atoms with van der Waals surface area (Å²) in [4.78, 5) is 79.0. The Kier molecular flexibility index (Phi) is 33.9. The Hall–Kier alpha value is -2.56. The van der Waals surface area contributed by atoms with Gasteiger partial charge in [-0.25, -0.2) is 0 Å². The summed E-state index contributed by atoms with van der Waals surface area (Å²) in [6.45, 7) is 6.06. The molecule has 0 rings (SSSR count). The number of carboxylic acids is 4. The zero-order valence-electron chi connectivity index (χ0n) is 19.1. The van der Waals surface area contributed by atoms with E-state index in [-0.39, 0.29) is 49.3 Å². The Morgan fingerprint density at radius 1 is 0.485 bits per heavy atom. The van der Waals surface area contributed by atoms with E-state index >= 15 is 0 Å². The van der Waals surface area contributed by atoms with E-state index in [4.69, 9.17) is 0 Å². The van der Waals surface area contributed by atoms with Gasteiger partial charge in [-0.2, -0.15) is 0 Å². The van der Waals surface area contributed by atoms with E-state index in [9.17, 15) is 58.8 Å². The number of hydrogen-bond acceptors (Lipinski definition) is 12. The molecule has 13 heteroatoms. The van der Waals surface area contributed by atoms with Crippen LogP contribution in [-0.4, -0.2) is 47.0 Å². The summed E-state index contributed by atoms with van der Waals surface area (Å²) in [7, 11) is 0. The molecule has 0 radical (unpaired) electrons. The van der Waals surface area contributed by atoms with Crippen LogP contribution in [0.5, 0.6) is 0 Å². The summed E-state index contributed by atoms with van der Waals surface area (Å²) >= 11 is 0. The maximum atomic E-state index is 10.4. The SMILES string of the molecule is CC(=O)CC(=O)[O-].CC(=O)CC(=O)[O-].CCCC(=O)CC(=O)[O-].CCCC(=O)CC(=O)[O-].[Zr+4]. The molecule has 0 aromatic carbocycles. The monoisotopic (exact) mass is 550 g/mol. The van der Waals surface area contributed by atoms with E-state index < -0.39 is 49.6 Å². The third-order valence-corrected chi connectivity index (χ3v) is 2.53. The third kappa shape index (κ3) is 58.7. The largest absolute Gasteiger partial charge is 4.00 e. The van der Waals surface area contributed by atoms with Crippen LogP contribution in [0.3, 0.4) is 0 Å². The molecule has 0 aliphatic rings. The molecule has 0 N–H and O–H groups in total. The molecular weight excluding hydrogens is 523 g/mol. The van der Waals surface area contributed by atoms with E-state index in [2.05, 4.69) is 0 Å². The zero-order valence-corrected chi connectivity index (χ0v) is 21.5. The maximum absolute atomic E-state index is 10.4. The molecule has 0 heterocycles. The van der Waals surface area contributed by atoms with Crippen LogP contribution in [0.25, 0.3) is 0 Å². The van der Waals surface area contributed by atoms with E-state index in [1.54, 1.807) is 0 Å². The minimum Gasteiger partial charge on any atom is -0.550 e. The molecule has 184 valence electrons. The minimum atomic E-state index is -1.31. The van der Waals surface area contributed by atoms with Crippen LogP contribution in [0.1, 0.15) is 79.1 Å². The average molecular weight is 552 g/mol. The van der Waals surface area contributed by atoms with Crippen LogP contribution in [0.2, 0.25) is 0 Å². The van der Waals surface area contributed by atoms with Crippen LogP contribution < -0.4 is 20.4 Å². The molecular formula is C20H28O12Zr. The van der Waals surface area contributed by atoms with Crippen molar-refractivity contribution >= 4 is 47.0 Å². The molecule has 0 fully saturated rings. The summed E-state index contributed by atoms with van der Waals surface area (Å²) in [5.41, 5.74) is 0. The summed E-state index contributed by atoms with van der Waals surface area (Å²) in [5.74, 6) is -6.45. The number of ketones is 4. The van der Waals surface area contributed by atoms with Crippen LogP contribution in [0.4, 0.5) is 0 Å². The Balaban J connectivity index is -0.000000105. The van der Waals surface area contributed by atoms with Crippen molar-refractivity contribution in [2.75, 3.05) is 0 Å². The third-order valence-electron chi connectivity index (χ3n) is 2.53. The minimum absolute atomic E-state index is 0. The predicted molar refractivity (Wildman–Crippen MR) is 99.7 cm³/mol. The van der Waals surface area contributed by atoms with Crippen LogP contribution in [0, 0.1) is 0 Å². The van der Waals surface area contributed by atoms with Crippen molar-refractivity contribution in [1.82, 2.24) is 0 Å². The maximum Gasteiger partial charge on any atom is 4.00 e. The second-order valence-corrected chi connectivity index (χ2v) is 6.18. The number of rotatable bonds is 12. The normalized spacial score (nSPS) is 8.36. The number of hydrogen-bond donors (Lipinski definition) is 0. The van der Waals surface area contributed by atoms with Gasteiger partial charge in [0.2, 0.25) is 0 Å². The van der Waals surface area contributed by atoms with Gasteiger partial charge >= 0.3 is 26.2 Å². The Morgan fingerprint density at radius 2 is 0.697 bits per heavy atom. The summed E-state index contributed by atoms with van der Waals surface area (Å²) in [6, 6.07) is 0. The molecule has 0 aliphatic carbocycles. The van der Waals surface area contributed by atoms with Gasteiger partial charge in [-0.15, -0.1) is 0 Å². The van der Waals surface area contributed by atoms with Crippen LogP contribution in [0.15, 0.2) is 0 Å². The molecule has 33 heavy (non-hydrogen) atoms. The van der Waals surface area contributed by atoms with E-state index in [0.29, 0.717) is 25.7 Å². The van der Waals surface area contributed by atoms with Crippen molar-refractivity contribution in [3.05, 3.63) is 0 Å². The molecule has 0 bridgehead atoms. The first-order valence-electron chi connectivity index (χ1n) is 9.40. The number of carbonyl (C=O) groups excluding carboxylic acids is 8. The molecule has 0 aliphatic heterocycles. The van der Waals surface area contributed by atoms with Gasteiger partial charge in [0.1, 0.15) is 23.1 Å². The van der Waals surface area contributed by atoms with Crippen LogP contribution >= 0.6 is 0 Å². The number of carbonyl (C=O) groups is 8. The summed E-state index contributed by atoms with van der Waals surface area (Å²) < 4.78 is 0. The fourth-order valence-corrected chi connectivity index (χ4v) is 1.46. The molecule has 0 amide bonds. The van der Waals surface area contributed by atoms with Gasteiger partial charge in [0.15, 0.2) is 0 Å². The standard InChI is InChI=1S/2C6H10O3.2C4H6O3.Zr/c2*1-2-3-5(7)4-6(8)9;2*1-3(5)2-4(6)7;/h2*2-4H2,1H3,(H,8,9);2*2H2,1H3,(H,6,7);/q;;;;+4/p-4. The fourth-order valence-electron chi connectivity index (χ4n) is 1.46. The zero-order chi connectivity index (χ0) is 26.3. The second-order valence-electron chi connectivity index (χ2n) is 6.18. The molecule has 0 saturated carbocycles.